The molecule has 0 aromatic heterocycles. The summed E-state index contributed by atoms with van der Waals surface area (Å²) in [7, 11) is 0. The van der Waals surface area contributed by atoms with Gasteiger partial charge in [-0.2, -0.15) is 0 Å². The van der Waals surface area contributed by atoms with E-state index in [0.29, 0.717) is 24.4 Å². The first-order valence-electron chi connectivity index (χ1n) is 7.89. The number of carbonyl (C=O) groups excluding carboxylic acids is 1. The molecule has 2 rings (SSSR count). The van der Waals surface area contributed by atoms with Crippen molar-refractivity contribution in [3.8, 4) is 0 Å². The minimum atomic E-state index is -0.582. The predicted molar refractivity (Wildman–Crippen MR) is 82.5 cm³/mol. The SMILES string of the molecule is CC(C)CN1CCC(C(=O)NCCc2cc(F)cc(F)c2)C1. The minimum Gasteiger partial charge on any atom is -0.355 e. The van der Waals surface area contributed by atoms with Crippen molar-refractivity contribution in [1.82, 2.24) is 10.2 Å². The molecule has 3 nitrogen and oxygen atoms in total. The molecular formula is C17H24F2N2O. The third kappa shape index (κ3) is 5.05. The number of benzene rings is 1. The molecule has 1 fully saturated rings. The summed E-state index contributed by atoms with van der Waals surface area (Å²) >= 11 is 0. The summed E-state index contributed by atoms with van der Waals surface area (Å²) in [5.41, 5.74) is 0.561. The minimum absolute atomic E-state index is 0.0306. The van der Waals surface area contributed by atoms with E-state index in [1.165, 1.54) is 12.1 Å². The Bertz CT molecular complexity index is 499. The Hall–Kier alpha value is -1.49. The standard InChI is InChI=1S/C17H24F2N2O/c1-12(2)10-21-6-4-14(11-21)17(22)20-5-3-13-7-15(18)9-16(19)8-13/h7-9,12,14H,3-6,10-11H2,1-2H3,(H,20,22). The number of nitrogens with zero attached hydrogens (tertiary/aromatic N) is 1. The van der Waals surface area contributed by atoms with E-state index in [4.69, 9.17) is 0 Å². The van der Waals surface area contributed by atoms with E-state index in [0.717, 1.165) is 32.1 Å². The van der Waals surface area contributed by atoms with Gasteiger partial charge < -0.3 is 10.2 Å². The largest absolute Gasteiger partial charge is 0.355 e. The van der Waals surface area contributed by atoms with Crippen molar-refractivity contribution < 1.29 is 13.6 Å². The Morgan fingerprint density at radius 2 is 2.00 bits per heavy atom. The Kier molecular flexibility index (Phi) is 5.89. The Morgan fingerprint density at radius 3 is 2.64 bits per heavy atom. The highest BCUT2D eigenvalue weighted by atomic mass is 19.1. The maximum absolute atomic E-state index is 13.1. The Morgan fingerprint density at radius 1 is 1.32 bits per heavy atom. The number of hydrogen-bond donors (Lipinski definition) is 1. The molecule has 5 heteroatoms. The highest BCUT2D eigenvalue weighted by molar-refractivity contribution is 5.79. The van der Waals surface area contributed by atoms with Crippen LogP contribution in [0.3, 0.4) is 0 Å². The fraction of sp³-hybridized carbons (Fsp3) is 0.588. The Balaban J connectivity index is 1.74. The summed E-state index contributed by atoms with van der Waals surface area (Å²) in [5, 5.41) is 2.88. The van der Waals surface area contributed by atoms with Crippen LogP contribution in [-0.2, 0) is 11.2 Å². The molecule has 1 atom stereocenters. The van der Waals surface area contributed by atoms with Gasteiger partial charge in [-0.3, -0.25) is 4.79 Å². The van der Waals surface area contributed by atoms with E-state index in [2.05, 4.69) is 24.1 Å². The molecule has 1 aliphatic heterocycles. The number of rotatable bonds is 6. The molecule has 1 aromatic carbocycles. The molecule has 1 N–H and O–H groups in total. The fourth-order valence-corrected chi connectivity index (χ4v) is 2.96. The first-order chi connectivity index (χ1) is 10.4. The summed E-state index contributed by atoms with van der Waals surface area (Å²) < 4.78 is 26.1. The number of halogens is 2. The highest BCUT2D eigenvalue weighted by Crippen LogP contribution is 2.17. The van der Waals surface area contributed by atoms with Crippen LogP contribution in [0.25, 0.3) is 0 Å². The van der Waals surface area contributed by atoms with Crippen molar-refractivity contribution in [2.75, 3.05) is 26.2 Å². The monoisotopic (exact) mass is 310 g/mol. The lowest BCUT2D eigenvalue weighted by Crippen LogP contribution is -2.34. The van der Waals surface area contributed by atoms with Gasteiger partial charge in [-0.15, -0.1) is 0 Å². The van der Waals surface area contributed by atoms with Crippen molar-refractivity contribution in [2.45, 2.75) is 26.7 Å². The molecule has 1 saturated heterocycles. The lowest BCUT2D eigenvalue weighted by molar-refractivity contribution is -0.124. The van der Waals surface area contributed by atoms with Gasteiger partial charge >= 0.3 is 0 Å². The second-order valence-electron chi connectivity index (χ2n) is 6.46. The third-order valence-corrected chi connectivity index (χ3v) is 3.90. The van der Waals surface area contributed by atoms with Crippen molar-refractivity contribution in [3.05, 3.63) is 35.4 Å². The van der Waals surface area contributed by atoms with Crippen LogP contribution in [0.15, 0.2) is 18.2 Å². The molecule has 0 bridgehead atoms. The van der Waals surface area contributed by atoms with Crippen LogP contribution in [0, 0.1) is 23.5 Å². The molecule has 1 amide bonds. The summed E-state index contributed by atoms with van der Waals surface area (Å²) in [6, 6.07) is 3.45. The van der Waals surface area contributed by atoms with Gasteiger partial charge in [0.1, 0.15) is 11.6 Å². The molecule has 1 aliphatic rings. The quantitative estimate of drug-likeness (QED) is 0.876. The van der Waals surface area contributed by atoms with Crippen LogP contribution in [0.5, 0.6) is 0 Å². The van der Waals surface area contributed by atoms with Crippen LogP contribution >= 0.6 is 0 Å². The Labute approximate surface area is 130 Å². The van der Waals surface area contributed by atoms with Crippen LogP contribution < -0.4 is 5.32 Å². The molecule has 0 radical (unpaired) electrons. The summed E-state index contributed by atoms with van der Waals surface area (Å²) in [4.78, 5) is 14.4. The molecule has 0 spiro atoms. The summed E-state index contributed by atoms with van der Waals surface area (Å²) in [6.45, 7) is 7.54. The van der Waals surface area contributed by atoms with Gasteiger partial charge in [0.25, 0.3) is 0 Å². The summed E-state index contributed by atoms with van der Waals surface area (Å²) in [6.07, 6.45) is 1.32. The van der Waals surface area contributed by atoms with Gasteiger partial charge in [-0.1, -0.05) is 13.8 Å². The van der Waals surface area contributed by atoms with E-state index in [-0.39, 0.29) is 11.8 Å². The van der Waals surface area contributed by atoms with E-state index in [1.807, 2.05) is 0 Å². The van der Waals surface area contributed by atoms with Gasteiger partial charge in [0.2, 0.25) is 5.91 Å². The maximum Gasteiger partial charge on any atom is 0.224 e. The zero-order valence-electron chi connectivity index (χ0n) is 13.2. The van der Waals surface area contributed by atoms with E-state index >= 15 is 0 Å². The van der Waals surface area contributed by atoms with Gasteiger partial charge in [0.15, 0.2) is 0 Å². The number of hydrogen-bond acceptors (Lipinski definition) is 2. The molecule has 0 saturated carbocycles. The number of carbonyl (C=O) groups is 1. The lowest BCUT2D eigenvalue weighted by atomic mass is 10.1. The molecular weight excluding hydrogens is 286 g/mol. The molecule has 1 aromatic rings. The first kappa shape index (κ1) is 16.9. The van der Waals surface area contributed by atoms with Crippen molar-refractivity contribution in [1.29, 1.82) is 0 Å². The first-order valence-corrected chi connectivity index (χ1v) is 7.89. The number of nitrogens with one attached hydrogen (secondary N) is 1. The van der Waals surface area contributed by atoms with Crippen molar-refractivity contribution >= 4 is 5.91 Å². The summed E-state index contributed by atoms with van der Waals surface area (Å²) in [5.74, 6) is -0.487. The van der Waals surface area contributed by atoms with Crippen LogP contribution in [0.2, 0.25) is 0 Å². The predicted octanol–water partition coefficient (Wildman–Crippen LogP) is 2.60. The second kappa shape index (κ2) is 7.68. The normalized spacial score (nSPS) is 18.9. The number of likely N-dealkylation sites (tertiary alicyclic amines) is 1. The average molecular weight is 310 g/mol. The van der Waals surface area contributed by atoms with Gasteiger partial charge in [0.05, 0.1) is 5.92 Å². The fourth-order valence-electron chi connectivity index (χ4n) is 2.96. The van der Waals surface area contributed by atoms with E-state index < -0.39 is 11.6 Å². The van der Waals surface area contributed by atoms with E-state index in [1.54, 1.807) is 0 Å². The van der Waals surface area contributed by atoms with Gasteiger partial charge in [0, 0.05) is 25.7 Å². The molecule has 0 aliphatic carbocycles. The highest BCUT2D eigenvalue weighted by Gasteiger charge is 2.28. The zero-order chi connectivity index (χ0) is 16.1. The molecule has 1 unspecified atom stereocenters. The van der Waals surface area contributed by atoms with Crippen LogP contribution in [0.1, 0.15) is 25.8 Å². The zero-order valence-corrected chi connectivity index (χ0v) is 13.2. The number of amides is 1. The average Bonchev–Trinajstić information content (AvgIpc) is 2.85. The van der Waals surface area contributed by atoms with Gasteiger partial charge in [-0.05, 0) is 43.0 Å². The smallest absolute Gasteiger partial charge is 0.224 e. The second-order valence-corrected chi connectivity index (χ2v) is 6.46. The molecule has 122 valence electrons. The van der Waals surface area contributed by atoms with Crippen LogP contribution in [0.4, 0.5) is 8.78 Å². The van der Waals surface area contributed by atoms with Gasteiger partial charge in [-0.25, -0.2) is 8.78 Å². The van der Waals surface area contributed by atoms with E-state index in [9.17, 15) is 13.6 Å². The maximum atomic E-state index is 13.1. The van der Waals surface area contributed by atoms with Crippen molar-refractivity contribution in [3.63, 3.8) is 0 Å². The molecule has 1 heterocycles. The van der Waals surface area contributed by atoms with Crippen molar-refractivity contribution in [2.24, 2.45) is 11.8 Å². The third-order valence-electron chi connectivity index (χ3n) is 3.90. The molecule has 22 heavy (non-hydrogen) atoms. The topological polar surface area (TPSA) is 32.3 Å². The van der Waals surface area contributed by atoms with Crippen LogP contribution in [-0.4, -0.2) is 37.0 Å². The lowest BCUT2D eigenvalue weighted by Gasteiger charge is -2.18.